The lowest BCUT2D eigenvalue weighted by molar-refractivity contribution is -0.122. The summed E-state index contributed by atoms with van der Waals surface area (Å²) in [6.07, 6.45) is 0. The van der Waals surface area contributed by atoms with Crippen LogP contribution in [0.1, 0.15) is 20.8 Å². The zero-order valence-electron chi connectivity index (χ0n) is 7.52. The van der Waals surface area contributed by atoms with E-state index in [1.165, 1.54) is 0 Å². The minimum atomic E-state index is -0.553. The normalized spacial score (nSPS) is 13.2. The maximum Gasteiger partial charge on any atom is 0.236 e. The Morgan fingerprint density at radius 1 is 1.75 bits per heavy atom. The molecule has 1 N–H and O–H groups in total. The Hall–Kier alpha value is -0.560. The molecule has 0 saturated heterocycles. The number of nitriles is 1. The zero-order valence-corrected chi connectivity index (χ0v) is 9.10. The molecule has 0 aliphatic rings. The molecule has 0 bridgehead atoms. The molecule has 4 heteroatoms. The smallest absolute Gasteiger partial charge is 0.236 e. The summed E-state index contributed by atoms with van der Waals surface area (Å²) in [7, 11) is 0. The minimum absolute atomic E-state index is 0.0930. The van der Waals surface area contributed by atoms with E-state index in [9.17, 15) is 4.79 Å². The van der Waals surface area contributed by atoms with Crippen molar-refractivity contribution in [2.24, 2.45) is 5.92 Å². The van der Waals surface area contributed by atoms with Crippen LogP contribution in [0.15, 0.2) is 0 Å². The van der Waals surface area contributed by atoms with Crippen LogP contribution in [-0.4, -0.2) is 16.8 Å². The first-order valence-corrected chi connectivity index (χ1v) is 4.54. The van der Waals surface area contributed by atoms with E-state index in [-0.39, 0.29) is 11.8 Å². The Balaban J connectivity index is 3.82. The predicted octanol–water partition coefficient (Wildman–Crippen LogP) is 1.44. The summed E-state index contributed by atoms with van der Waals surface area (Å²) in [5, 5.41) is 11.1. The zero-order chi connectivity index (χ0) is 9.78. The second-order valence-electron chi connectivity index (χ2n) is 3.21. The third-order valence-electron chi connectivity index (χ3n) is 1.33. The molecule has 68 valence electrons. The molecule has 0 aliphatic carbocycles. The van der Waals surface area contributed by atoms with Crippen molar-refractivity contribution in [1.82, 2.24) is 5.32 Å². The molecule has 1 atom stereocenters. The molecule has 0 aromatic carbocycles. The van der Waals surface area contributed by atoms with E-state index in [4.69, 9.17) is 5.26 Å². The quantitative estimate of drug-likeness (QED) is 0.750. The molecule has 3 nitrogen and oxygen atoms in total. The molecule has 0 aromatic heterocycles. The lowest BCUT2D eigenvalue weighted by Gasteiger charge is -2.16. The van der Waals surface area contributed by atoms with E-state index in [0.29, 0.717) is 6.54 Å². The number of amides is 1. The average Bonchev–Trinajstić information content (AvgIpc) is 1.97. The van der Waals surface area contributed by atoms with E-state index in [1.54, 1.807) is 20.8 Å². The maximum atomic E-state index is 11.2. The Kier molecular flexibility index (Phi) is 4.25. The van der Waals surface area contributed by atoms with Crippen LogP contribution in [0.5, 0.6) is 0 Å². The number of hydrogen-bond donors (Lipinski definition) is 1. The van der Waals surface area contributed by atoms with Crippen molar-refractivity contribution in [2.75, 3.05) is 6.54 Å². The molecule has 0 aromatic rings. The molecular formula is C8H13BrN2O. The van der Waals surface area contributed by atoms with Gasteiger partial charge in [-0.05, 0) is 20.8 Å². The molecule has 1 unspecified atom stereocenters. The third kappa shape index (κ3) is 4.35. The Labute approximate surface area is 81.3 Å². The highest BCUT2D eigenvalue weighted by Gasteiger charge is 2.23. The van der Waals surface area contributed by atoms with Crippen LogP contribution in [0.25, 0.3) is 0 Å². The van der Waals surface area contributed by atoms with Crippen LogP contribution in [-0.2, 0) is 4.79 Å². The maximum absolute atomic E-state index is 11.2. The number of carbonyl (C=O) groups excluding carboxylic acids is 1. The van der Waals surface area contributed by atoms with Gasteiger partial charge in [0.2, 0.25) is 5.91 Å². The lowest BCUT2D eigenvalue weighted by atomic mass is 10.1. The van der Waals surface area contributed by atoms with Crippen molar-refractivity contribution in [2.45, 2.75) is 25.1 Å². The van der Waals surface area contributed by atoms with Gasteiger partial charge in [0.05, 0.1) is 16.3 Å². The SMILES string of the molecule is CC(C#N)CNC(=O)C(C)(C)Br. The van der Waals surface area contributed by atoms with Crippen LogP contribution < -0.4 is 5.32 Å². The number of halogens is 1. The number of hydrogen-bond acceptors (Lipinski definition) is 2. The molecule has 0 aliphatic heterocycles. The fourth-order valence-corrected chi connectivity index (χ4v) is 0.642. The van der Waals surface area contributed by atoms with Crippen molar-refractivity contribution in [3.05, 3.63) is 0 Å². The second kappa shape index (κ2) is 4.46. The van der Waals surface area contributed by atoms with Crippen LogP contribution in [0.3, 0.4) is 0 Å². The Bertz CT molecular complexity index is 202. The van der Waals surface area contributed by atoms with Gasteiger partial charge in [-0.15, -0.1) is 0 Å². The van der Waals surface area contributed by atoms with E-state index in [2.05, 4.69) is 21.2 Å². The van der Waals surface area contributed by atoms with E-state index < -0.39 is 4.32 Å². The molecular weight excluding hydrogens is 220 g/mol. The molecule has 12 heavy (non-hydrogen) atoms. The molecule has 0 saturated carbocycles. The highest BCUT2D eigenvalue weighted by molar-refractivity contribution is 9.10. The average molecular weight is 233 g/mol. The predicted molar refractivity (Wildman–Crippen MR) is 50.8 cm³/mol. The van der Waals surface area contributed by atoms with Gasteiger partial charge in [-0.2, -0.15) is 5.26 Å². The van der Waals surface area contributed by atoms with Crippen LogP contribution in [0, 0.1) is 17.2 Å². The number of nitrogens with zero attached hydrogens (tertiary/aromatic N) is 1. The van der Waals surface area contributed by atoms with Gasteiger partial charge in [0.1, 0.15) is 0 Å². The van der Waals surface area contributed by atoms with Crippen molar-refractivity contribution in [3.8, 4) is 6.07 Å². The summed E-state index contributed by atoms with van der Waals surface area (Å²) in [6.45, 7) is 5.70. The molecule has 0 heterocycles. The first kappa shape index (κ1) is 11.4. The van der Waals surface area contributed by atoms with Crippen LogP contribution >= 0.6 is 15.9 Å². The number of carbonyl (C=O) groups is 1. The lowest BCUT2D eigenvalue weighted by Crippen LogP contribution is -2.39. The Morgan fingerprint density at radius 3 is 2.58 bits per heavy atom. The molecule has 0 fully saturated rings. The van der Waals surface area contributed by atoms with E-state index in [0.717, 1.165) is 0 Å². The summed E-state index contributed by atoms with van der Waals surface area (Å²) >= 11 is 3.22. The molecule has 1 amide bonds. The van der Waals surface area contributed by atoms with E-state index >= 15 is 0 Å². The van der Waals surface area contributed by atoms with Crippen molar-refractivity contribution < 1.29 is 4.79 Å². The van der Waals surface area contributed by atoms with E-state index in [1.807, 2.05) is 6.07 Å². The van der Waals surface area contributed by atoms with Gasteiger partial charge in [0.25, 0.3) is 0 Å². The minimum Gasteiger partial charge on any atom is -0.354 e. The van der Waals surface area contributed by atoms with Crippen molar-refractivity contribution in [3.63, 3.8) is 0 Å². The summed E-state index contributed by atoms with van der Waals surface area (Å²) in [4.78, 5) is 11.2. The van der Waals surface area contributed by atoms with Crippen molar-refractivity contribution >= 4 is 21.8 Å². The fourth-order valence-electron chi connectivity index (χ4n) is 0.502. The third-order valence-corrected chi connectivity index (χ3v) is 1.69. The molecule has 0 spiro atoms. The van der Waals surface area contributed by atoms with Gasteiger partial charge in [-0.3, -0.25) is 4.79 Å². The fraction of sp³-hybridized carbons (Fsp3) is 0.750. The first-order valence-electron chi connectivity index (χ1n) is 3.74. The second-order valence-corrected chi connectivity index (χ2v) is 5.20. The number of alkyl halides is 1. The largest absolute Gasteiger partial charge is 0.354 e. The van der Waals surface area contributed by atoms with Crippen LogP contribution in [0.4, 0.5) is 0 Å². The molecule has 0 rings (SSSR count). The molecule has 0 radical (unpaired) electrons. The Morgan fingerprint density at radius 2 is 2.25 bits per heavy atom. The van der Waals surface area contributed by atoms with Gasteiger partial charge >= 0.3 is 0 Å². The topological polar surface area (TPSA) is 52.9 Å². The summed E-state index contributed by atoms with van der Waals surface area (Å²) in [5.74, 6) is -0.228. The first-order chi connectivity index (χ1) is 5.38. The summed E-state index contributed by atoms with van der Waals surface area (Å²) in [6, 6.07) is 2.04. The highest BCUT2D eigenvalue weighted by Crippen LogP contribution is 2.15. The standard InChI is InChI=1S/C8H13BrN2O/c1-6(4-10)5-11-7(12)8(2,3)9/h6H,5H2,1-3H3,(H,11,12). The van der Waals surface area contributed by atoms with Gasteiger partial charge in [-0.25, -0.2) is 0 Å². The number of rotatable bonds is 3. The highest BCUT2D eigenvalue weighted by atomic mass is 79.9. The summed E-state index contributed by atoms with van der Waals surface area (Å²) < 4.78 is -0.553. The van der Waals surface area contributed by atoms with Crippen molar-refractivity contribution in [1.29, 1.82) is 5.26 Å². The van der Waals surface area contributed by atoms with Gasteiger partial charge in [0, 0.05) is 6.54 Å². The van der Waals surface area contributed by atoms with Gasteiger partial charge < -0.3 is 5.32 Å². The monoisotopic (exact) mass is 232 g/mol. The van der Waals surface area contributed by atoms with Gasteiger partial charge in [0.15, 0.2) is 0 Å². The summed E-state index contributed by atoms with van der Waals surface area (Å²) in [5.41, 5.74) is 0. The van der Waals surface area contributed by atoms with Gasteiger partial charge in [-0.1, -0.05) is 15.9 Å². The van der Waals surface area contributed by atoms with Crippen LogP contribution in [0.2, 0.25) is 0 Å². The number of nitrogens with one attached hydrogen (secondary N) is 1.